The number of benzene rings is 2. The number of halogens is 2. The molecule has 3 N–H and O–H groups in total. The van der Waals surface area contributed by atoms with E-state index in [1.807, 2.05) is 24.3 Å². The normalized spacial score (nSPS) is 20.1. The number of aromatic nitrogens is 1. The standard InChI is InChI=1S/C18H14F2N2O2/c19-9-5-6-13(20)12(7-9)17-16-11(8-15(22-17)18(23)24)10-3-1-2-4-14(10)21-16/h1-7,15,17,21-22H,8H2,(H,23,24). The molecule has 1 aliphatic rings. The SMILES string of the molecule is O=C(O)C1Cc2c([nH]c3ccccc23)C(c2cc(F)ccc2F)N1. The fourth-order valence-corrected chi connectivity index (χ4v) is 3.37. The molecule has 4 nitrogen and oxygen atoms in total. The molecule has 6 heteroatoms. The largest absolute Gasteiger partial charge is 0.480 e. The lowest BCUT2D eigenvalue weighted by molar-refractivity contribution is -0.139. The summed E-state index contributed by atoms with van der Waals surface area (Å²) >= 11 is 0. The first-order valence-corrected chi connectivity index (χ1v) is 7.58. The van der Waals surface area contributed by atoms with Gasteiger partial charge in [0, 0.05) is 28.6 Å². The number of carbonyl (C=O) groups is 1. The molecule has 0 saturated carbocycles. The Hall–Kier alpha value is -2.73. The molecule has 1 aliphatic heterocycles. The van der Waals surface area contributed by atoms with Crippen LogP contribution in [0.25, 0.3) is 10.9 Å². The summed E-state index contributed by atoms with van der Waals surface area (Å²) in [5.74, 6) is -2.17. The number of hydrogen-bond acceptors (Lipinski definition) is 2. The van der Waals surface area contributed by atoms with E-state index in [1.165, 1.54) is 0 Å². The van der Waals surface area contributed by atoms with Gasteiger partial charge in [0.15, 0.2) is 0 Å². The first kappa shape index (κ1) is 14.8. The van der Waals surface area contributed by atoms with E-state index in [0.29, 0.717) is 5.69 Å². The van der Waals surface area contributed by atoms with E-state index in [2.05, 4.69) is 10.3 Å². The zero-order valence-corrected chi connectivity index (χ0v) is 12.5. The maximum absolute atomic E-state index is 14.3. The fraction of sp³-hybridized carbons (Fsp3) is 0.167. The second-order valence-corrected chi connectivity index (χ2v) is 5.92. The Morgan fingerprint density at radius 1 is 1.17 bits per heavy atom. The lowest BCUT2D eigenvalue weighted by Gasteiger charge is -2.29. The van der Waals surface area contributed by atoms with Gasteiger partial charge in [0.25, 0.3) is 0 Å². The summed E-state index contributed by atoms with van der Waals surface area (Å²) in [7, 11) is 0. The van der Waals surface area contributed by atoms with Crippen LogP contribution in [0.15, 0.2) is 42.5 Å². The van der Waals surface area contributed by atoms with Crippen molar-refractivity contribution >= 4 is 16.9 Å². The van der Waals surface area contributed by atoms with Gasteiger partial charge in [0.2, 0.25) is 0 Å². The van der Waals surface area contributed by atoms with Gasteiger partial charge in [0.1, 0.15) is 17.7 Å². The average Bonchev–Trinajstić information content (AvgIpc) is 2.95. The Labute approximate surface area is 136 Å². The molecule has 2 heterocycles. The minimum atomic E-state index is -1.02. The Balaban J connectivity index is 1.94. The van der Waals surface area contributed by atoms with Crippen LogP contribution in [0.2, 0.25) is 0 Å². The number of hydrogen-bond donors (Lipinski definition) is 3. The van der Waals surface area contributed by atoms with Crippen LogP contribution in [-0.2, 0) is 11.2 Å². The second kappa shape index (κ2) is 5.42. The number of aliphatic carboxylic acids is 1. The van der Waals surface area contributed by atoms with Crippen molar-refractivity contribution in [3.63, 3.8) is 0 Å². The van der Waals surface area contributed by atoms with E-state index >= 15 is 0 Å². The predicted molar refractivity (Wildman–Crippen MR) is 84.8 cm³/mol. The van der Waals surface area contributed by atoms with Gasteiger partial charge in [-0.2, -0.15) is 0 Å². The maximum atomic E-state index is 14.3. The van der Waals surface area contributed by atoms with Gasteiger partial charge in [0.05, 0.1) is 6.04 Å². The summed E-state index contributed by atoms with van der Waals surface area (Å²) < 4.78 is 27.9. The molecule has 0 fully saturated rings. The molecule has 2 unspecified atom stereocenters. The fourth-order valence-electron chi connectivity index (χ4n) is 3.37. The summed E-state index contributed by atoms with van der Waals surface area (Å²) in [6.07, 6.45) is 0.280. The summed E-state index contributed by atoms with van der Waals surface area (Å²) in [4.78, 5) is 14.7. The minimum Gasteiger partial charge on any atom is -0.480 e. The van der Waals surface area contributed by atoms with Gasteiger partial charge in [-0.05, 0) is 29.8 Å². The molecular formula is C18H14F2N2O2. The number of fused-ring (bicyclic) bond motifs is 3. The third-order valence-corrected chi connectivity index (χ3v) is 4.48. The molecule has 0 amide bonds. The zero-order chi connectivity index (χ0) is 16.8. The molecule has 122 valence electrons. The highest BCUT2D eigenvalue weighted by Crippen LogP contribution is 2.36. The molecule has 0 spiro atoms. The van der Waals surface area contributed by atoms with Crippen LogP contribution in [0.5, 0.6) is 0 Å². The number of rotatable bonds is 2. The van der Waals surface area contributed by atoms with Crippen molar-refractivity contribution in [3.05, 3.63) is 70.9 Å². The third kappa shape index (κ3) is 2.27. The van der Waals surface area contributed by atoms with Crippen molar-refractivity contribution in [3.8, 4) is 0 Å². The van der Waals surface area contributed by atoms with Gasteiger partial charge in [-0.1, -0.05) is 18.2 Å². The van der Waals surface area contributed by atoms with E-state index in [1.54, 1.807) is 0 Å². The number of carboxylic acids is 1. The van der Waals surface area contributed by atoms with E-state index in [-0.39, 0.29) is 12.0 Å². The molecule has 4 rings (SSSR count). The first-order chi connectivity index (χ1) is 11.5. The smallest absolute Gasteiger partial charge is 0.321 e. The minimum absolute atomic E-state index is 0.0914. The van der Waals surface area contributed by atoms with Gasteiger partial charge in [-0.25, -0.2) is 8.78 Å². The highest BCUT2D eigenvalue weighted by molar-refractivity contribution is 5.87. The number of nitrogens with one attached hydrogen (secondary N) is 2. The lowest BCUT2D eigenvalue weighted by atomic mass is 9.90. The summed E-state index contributed by atoms with van der Waals surface area (Å²) in [6.45, 7) is 0. The molecule has 0 aliphatic carbocycles. The quantitative estimate of drug-likeness (QED) is 0.677. The van der Waals surface area contributed by atoms with Crippen LogP contribution >= 0.6 is 0 Å². The van der Waals surface area contributed by atoms with Crippen molar-refractivity contribution in [2.24, 2.45) is 0 Å². The molecule has 3 aromatic rings. The van der Waals surface area contributed by atoms with E-state index in [9.17, 15) is 18.7 Å². The Morgan fingerprint density at radius 2 is 1.96 bits per heavy atom. The van der Waals surface area contributed by atoms with Gasteiger partial charge in [-0.15, -0.1) is 0 Å². The molecule has 2 aromatic carbocycles. The Morgan fingerprint density at radius 3 is 2.75 bits per heavy atom. The predicted octanol–water partition coefficient (Wildman–Crippen LogP) is 3.13. The topological polar surface area (TPSA) is 65.1 Å². The summed E-state index contributed by atoms with van der Waals surface area (Å²) in [6, 6.07) is 9.09. The molecule has 0 radical (unpaired) electrons. The van der Waals surface area contributed by atoms with Crippen LogP contribution in [0.4, 0.5) is 8.78 Å². The maximum Gasteiger partial charge on any atom is 0.321 e. The molecule has 24 heavy (non-hydrogen) atoms. The molecule has 1 aromatic heterocycles. The second-order valence-electron chi connectivity index (χ2n) is 5.92. The molecule has 0 saturated heterocycles. The average molecular weight is 328 g/mol. The number of H-pyrrole nitrogens is 1. The van der Waals surface area contributed by atoms with Gasteiger partial charge < -0.3 is 10.1 Å². The van der Waals surface area contributed by atoms with Crippen molar-refractivity contribution in [2.75, 3.05) is 0 Å². The van der Waals surface area contributed by atoms with E-state index < -0.39 is 29.7 Å². The molecule has 0 bridgehead atoms. The number of aromatic amines is 1. The lowest BCUT2D eigenvalue weighted by Crippen LogP contribution is -2.45. The van der Waals surface area contributed by atoms with E-state index in [4.69, 9.17) is 0 Å². The van der Waals surface area contributed by atoms with Crippen LogP contribution < -0.4 is 5.32 Å². The van der Waals surface area contributed by atoms with Crippen molar-refractivity contribution in [2.45, 2.75) is 18.5 Å². The Bertz CT molecular complexity index is 951. The van der Waals surface area contributed by atoms with Crippen molar-refractivity contribution in [1.29, 1.82) is 0 Å². The first-order valence-electron chi connectivity index (χ1n) is 7.58. The summed E-state index contributed by atoms with van der Waals surface area (Å²) in [5.41, 5.74) is 2.44. The van der Waals surface area contributed by atoms with Crippen LogP contribution in [0, 0.1) is 11.6 Å². The molecule has 2 atom stereocenters. The number of carboxylic acid groups (broad SMARTS) is 1. The van der Waals surface area contributed by atoms with Gasteiger partial charge in [-0.3, -0.25) is 10.1 Å². The highest BCUT2D eigenvalue weighted by Gasteiger charge is 2.35. The van der Waals surface area contributed by atoms with Crippen molar-refractivity contribution < 1.29 is 18.7 Å². The van der Waals surface area contributed by atoms with Crippen LogP contribution in [0.3, 0.4) is 0 Å². The monoisotopic (exact) mass is 328 g/mol. The number of para-hydroxylation sites is 1. The third-order valence-electron chi connectivity index (χ3n) is 4.48. The van der Waals surface area contributed by atoms with Crippen LogP contribution in [-0.4, -0.2) is 22.1 Å². The van der Waals surface area contributed by atoms with Crippen molar-refractivity contribution in [1.82, 2.24) is 10.3 Å². The van der Waals surface area contributed by atoms with Gasteiger partial charge >= 0.3 is 5.97 Å². The van der Waals surface area contributed by atoms with Crippen LogP contribution in [0.1, 0.15) is 22.9 Å². The zero-order valence-electron chi connectivity index (χ0n) is 12.5. The Kier molecular flexibility index (Phi) is 3.35. The van der Waals surface area contributed by atoms with E-state index in [0.717, 1.165) is 34.7 Å². The summed E-state index contributed by atoms with van der Waals surface area (Å²) in [5, 5.41) is 13.2. The highest BCUT2D eigenvalue weighted by atomic mass is 19.1. The molecular weight excluding hydrogens is 314 g/mol.